The van der Waals surface area contributed by atoms with E-state index < -0.39 is 0 Å². The Bertz CT molecular complexity index is 1320. The zero-order valence-corrected chi connectivity index (χ0v) is 19.7. The smallest absolute Gasteiger partial charge is 0.254 e. The van der Waals surface area contributed by atoms with Crippen molar-refractivity contribution in [2.45, 2.75) is 18.8 Å². The number of nitrogens with two attached hydrogens (primary N) is 1. The Morgan fingerprint density at radius 1 is 0.943 bits per heavy atom. The monoisotopic (exact) mass is 464 g/mol. The summed E-state index contributed by atoms with van der Waals surface area (Å²) >= 11 is 0. The fraction of sp³-hybridized carbons (Fsp3) is 0.207. The minimum Gasteiger partial charge on any atom is -0.497 e. The summed E-state index contributed by atoms with van der Waals surface area (Å²) in [5, 5.41) is 0. The van der Waals surface area contributed by atoms with Gasteiger partial charge in [0.05, 0.1) is 12.8 Å². The second kappa shape index (κ2) is 9.97. The first-order chi connectivity index (χ1) is 17.1. The zero-order chi connectivity index (χ0) is 24.2. The molecule has 1 saturated heterocycles. The van der Waals surface area contributed by atoms with Gasteiger partial charge in [0.2, 0.25) is 5.95 Å². The van der Waals surface area contributed by atoms with E-state index >= 15 is 0 Å². The van der Waals surface area contributed by atoms with E-state index in [-0.39, 0.29) is 17.8 Å². The Morgan fingerprint density at radius 2 is 1.66 bits per heavy atom. The van der Waals surface area contributed by atoms with Gasteiger partial charge in [-0.15, -0.1) is 0 Å². The summed E-state index contributed by atoms with van der Waals surface area (Å²) in [6.45, 7) is 1.30. The molecule has 0 radical (unpaired) electrons. The second-order valence-corrected chi connectivity index (χ2v) is 8.76. The molecule has 1 aliphatic heterocycles. The van der Waals surface area contributed by atoms with Gasteiger partial charge in [0, 0.05) is 36.3 Å². The number of likely N-dealkylation sites (tertiary alicyclic amines) is 1. The van der Waals surface area contributed by atoms with E-state index in [1.807, 2.05) is 83.8 Å². The van der Waals surface area contributed by atoms with Crippen molar-refractivity contribution in [3.63, 3.8) is 0 Å². The maximum Gasteiger partial charge on any atom is 0.254 e. The predicted octanol–water partition coefficient (Wildman–Crippen LogP) is 5.42. The maximum absolute atomic E-state index is 13.7. The summed E-state index contributed by atoms with van der Waals surface area (Å²) in [5.41, 5.74) is 11.5. The number of amides is 1. The van der Waals surface area contributed by atoms with Gasteiger partial charge in [-0.25, -0.2) is 9.97 Å². The van der Waals surface area contributed by atoms with Crippen molar-refractivity contribution in [1.29, 1.82) is 0 Å². The van der Waals surface area contributed by atoms with Gasteiger partial charge in [-0.1, -0.05) is 60.7 Å². The van der Waals surface area contributed by atoms with Crippen LogP contribution in [0.25, 0.3) is 22.3 Å². The van der Waals surface area contributed by atoms with Crippen LogP contribution >= 0.6 is 0 Å². The quantitative estimate of drug-likeness (QED) is 0.426. The molecule has 35 heavy (non-hydrogen) atoms. The summed E-state index contributed by atoms with van der Waals surface area (Å²) < 4.78 is 5.30. The van der Waals surface area contributed by atoms with E-state index in [0.717, 1.165) is 58.6 Å². The highest BCUT2D eigenvalue weighted by Crippen LogP contribution is 2.35. The molecule has 0 saturated carbocycles. The van der Waals surface area contributed by atoms with Crippen LogP contribution < -0.4 is 10.5 Å². The maximum atomic E-state index is 13.7. The van der Waals surface area contributed by atoms with E-state index in [0.29, 0.717) is 6.54 Å². The number of methoxy groups -OCH3 is 1. The van der Waals surface area contributed by atoms with E-state index in [1.165, 1.54) is 0 Å². The lowest BCUT2D eigenvalue weighted by atomic mass is 9.89. The SMILES string of the molecule is COc1ccc(-c2cnc(N)nc2C2CCCN(C(=O)c3ccccc3-c3ccccc3)C2)cc1. The summed E-state index contributed by atoms with van der Waals surface area (Å²) in [6.07, 6.45) is 3.62. The van der Waals surface area contributed by atoms with Crippen molar-refractivity contribution in [3.8, 4) is 28.0 Å². The van der Waals surface area contributed by atoms with Crippen molar-refractivity contribution in [2.24, 2.45) is 0 Å². The lowest BCUT2D eigenvalue weighted by Gasteiger charge is -2.33. The van der Waals surface area contributed by atoms with Crippen molar-refractivity contribution < 1.29 is 9.53 Å². The first-order valence-corrected chi connectivity index (χ1v) is 11.8. The highest BCUT2D eigenvalue weighted by atomic mass is 16.5. The third-order valence-electron chi connectivity index (χ3n) is 6.58. The number of ether oxygens (including phenoxy) is 1. The fourth-order valence-electron chi connectivity index (χ4n) is 4.81. The van der Waals surface area contributed by atoms with Crippen LogP contribution in [0, 0.1) is 0 Å². The molecule has 176 valence electrons. The average Bonchev–Trinajstić information content (AvgIpc) is 2.93. The van der Waals surface area contributed by atoms with Crippen LogP contribution in [0.2, 0.25) is 0 Å². The molecule has 0 bridgehead atoms. The summed E-state index contributed by atoms with van der Waals surface area (Å²) in [6, 6.07) is 25.7. The number of rotatable bonds is 5. The third kappa shape index (κ3) is 4.73. The highest BCUT2D eigenvalue weighted by molar-refractivity contribution is 6.01. The van der Waals surface area contributed by atoms with E-state index in [1.54, 1.807) is 13.3 Å². The Morgan fingerprint density at radius 3 is 2.43 bits per heavy atom. The summed E-state index contributed by atoms with van der Waals surface area (Å²) in [5.74, 6) is 1.15. The second-order valence-electron chi connectivity index (χ2n) is 8.76. The van der Waals surface area contributed by atoms with Gasteiger partial charge in [-0.2, -0.15) is 0 Å². The highest BCUT2D eigenvalue weighted by Gasteiger charge is 2.29. The number of nitrogen functional groups attached to an aromatic ring is 1. The van der Waals surface area contributed by atoms with E-state index in [2.05, 4.69) is 9.97 Å². The molecule has 0 spiro atoms. The lowest BCUT2D eigenvalue weighted by molar-refractivity contribution is 0.0707. The van der Waals surface area contributed by atoms with Gasteiger partial charge < -0.3 is 15.4 Å². The van der Waals surface area contributed by atoms with E-state index in [9.17, 15) is 4.79 Å². The van der Waals surface area contributed by atoms with Crippen LogP contribution in [0.15, 0.2) is 85.1 Å². The molecular weight excluding hydrogens is 436 g/mol. The van der Waals surface area contributed by atoms with Crippen LogP contribution in [0.5, 0.6) is 5.75 Å². The number of hydrogen-bond donors (Lipinski definition) is 1. The van der Waals surface area contributed by atoms with Gasteiger partial charge in [-0.05, 0) is 47.7 Å². The average molecular weight is 465 g/mol. The molecule has 1 fully saturated rings. The number of nitrogens with zero attached hydrogens (tertiary/aromatic N) is 3. The molecule has 1 atom stereocenters. The predicted molar refractivity (Wildman–Crippen MR) is 138 cm³/mol. The molecule has 5 rings (SSSR count). The molecule has 6 heteroatoms. The van der Waals surface area contributed by atoms with Gasteiger partial charge in [0.25, 0.3) is 5.91 Å². The Kier molecular flexibility index (Phi) is 6.44. The molecule has 6 nitrogen and oxygen atoms in total. The Balaban J connectivity index is 1.45. The number of carbonyl (C=O) groups excluding carboxylic acids is 1. The van der Waals surface area contributed by atoms with Crippen LogP contribution in [0.4, 0.5) is 5.95 Å². The molecule has 1 aliphatic rings. The Hall–Kier alpha value is -4.19. The first kappa shape index (κ1) is 22.6. The van der Waals surface area contributed by atoms with Crippen LogP contribution in [-0.4, -0.2) is 41.0 Å². The minimum absolute atomic E-state index is 0.0437. The molecule has 1 unspecified atom stereocenters. The molecule has 4 aromatic rings. The van der Waals surface area contributed by atoms with Crippen LogP contribution in [0.3, 0.4) is 0 Å². The molecule has 2 N–H and O–H groups in total. The van der Waals surface area contributed by atoms with Crippen molar-refractivity contribution in [2.75, 3.05) is 25.9 Å². The molecule has 3 aromatic carbocycles. The molecular formula is C29H28N4O2. The number of piperidine rings is 1. The molecule has 1 amide bonds. The molecule has 1 aromatic heterocycles. The van der Waals surface area contributed by atoms with Gasteiger partial charge >= 0.3 is 0 Å². The number of aromatic nitrogens is 2. The largest absolute Gasteiger partial charge is 0.497 e. The van der Waals surface area contributed by atoms with E-state index in [4.69, 9.17) is 10.5 Å². The zero-order valence-electron chi connectivity index (χ0n) is 19.7. The Labute approximate surface area is 205 Å². The number of hydrogen-bond acceptors (Lipinski definition) is 5. The number of benzene rings is 3. The van der Waals surface area contributed by atoms with Gasteiger partial charge in [-0.3, -0.25) is 4.79 Å². The summed E-state index contributed by atoms with van der Waals surface area (Å²) in [7, 11) is 1.65. The van der Waals surface area contributed by atoms with Gasteiger partial charge in [0.1, 0.15) is 5.75 Å². The normalized spacial score (nSPS) is 15.6. The minimum atomic E-state index is 0.0437. The topological polar surface area (TPSA) is 81.3 Å². The number of carbonyl (C=O) groups is 1. The first-order valence-electron chi connectivity index (χ1n) is 11.8. The number of anilines is 1. The molecule has 2 heterocycles. The van der Waals surface area contributed by atoms with Crippen molar-refractivity contribution >= 4 is 11.9 Å². The lowest BCUT2D eigenvalue weighted by Crippen LogP contribution is -2.39. The van der Waals surface area contributed by atoms with Crippen LogP contribution in [-0.2, 0) is 0 Å². The van der Waals surface area contributed by atoms with Crippen molar-refractivity contribution in [1.82, 2.24) is 14.9 Å². The summed E-state index contributed by atoms with van der Waals surface area (Å²) in [4.78, 5) is 24.6. The van der Waals surface area contributed by atoms with Crippen molar-refractivity contribution in [3.05, 3.63) is 96.3 Å². The molecule has 0 aliphatic carbocycles. The van der Waals surface area contributed by atoms with Gasteiger partial charge in [0.15, 0.2) is 0 Å². The standard InChI is InChI=1S/C29H28N4O2/c1-35-23-15-13-21(14-16-23)26-18-31-29(30)32-27(26)22-10-7-17-33(19-22)28(34)25-12-6-5-11-24(25)20-8-3-2-4-9-20/h2-6,8-9,11-16,18,22H,7,10,17,19H2,1H3,(H2,30,31,32). The van der Waals surface area contributed by atoms with Crippen LogP contribution in [0.1, 0.15) is 34.8 Å². The third-order valence-corrected chi connectivity index (χ3v) is 6.58. The fourth-order valence-corrected chi connectivity index (χ4v) is 4.81.